The Labute approximate surface area is 288 Å². The van der Waals surface area contributed by atoms with Gasteiger partial charge in [-0.15, -0.1) is 0 Å². The van der Waals surface area contributed by atoms with E-state index in [1.807, 2.05) is 52.0 Å². The fraction of sp³-hybridized carbons (Fsp3) is 0.395. The van der Waals surface area contributed by atoms with Crippen LogP contribution in [-0.4, -0.2) is 84.3 Å². The molecule has 0 aliphatic carbocycles. The molecule has 0 fully saturated rings. The molecule has 0 saturated carbocycles. The molecule has 0 spiro atoms. The molecule has 3 aromatic carbocycles. The fourth-order valence-corrected chi connectivity index (χ4v) is 5.34. The minimum absolute atomic E-state index is 0.00771. The number of carbonyl (C=O) groups is 5. The maximum atomic E-state index is 13.5. The molecule has 49 heavy (non-hydrogen) atoms. The molecule has 262 valence electrons. The van der Waals surface area contributed by atoms with Crippen LogP contribution in [0.15, 0.2) is 72.8 Å². The van der Waals surface area contributed by atoms with Gasteiger partial charge >= 0.3 is 5.97 Å². The van der Waals surface area contributed by atoms with Gasteiger partial charge in [-0.25, -0.2) is 0 Å². The summed E-state index contributed by atoms with van der Waals surface area (Å²) in [5.41, 5.74) is 3.70. The van der Waals surface area contributed by atoms with Gasteiger partial charge in [0.15, 0.2) is 0 Å². The average molecular weight is 673 g/mol. The van der Waals surface area contributed by atoms with Crippen molar-refractivity contribution in [2.45, 2.75) is 53.4 Å². The lowest BCUT2D eigenvalue weighted by atomic mass is 10.1. The van der Waals surface area contributed by atoms with E-state index in [0.29, 0.717) is 24.4 Å². The Morgan fingerprint density at radius 2 is 1.61 bits per heavy atom. The molecule has 0 unspecified atom stereocenters. The van der Waals surface area contributed by atoms with Crippen LogP contribution in [0.25, 0.3) is 0 Å². The van der Waals surface area contributed by atoms with Gasteiger partial charge in [0.1, 0.15) is 12.3 Å². The molecule has 11 heteroatoms. The van der Waals surface area contributed by atoms with Crippen molar-refractivity contribution in [3.8, 4) is 5.75 Å². The average Bonchev–Trinajstić information content (AvgIpc) is 3.54. The van der Waals surface area contributed by atoms with Crippen molar-refractivity contribution in [2.24, 2.45) is 5.92 Å². The van der Waals surface area contributed by atoms with Crippen molar-refractivity contribution in [1.82, 2.24) is 9.80 Å². The van der Waals surface area contributed by atoms with Gasteiger partial charge in [0.05, 0.1) is 26.5 Å². The third kappa shape index (κ3) is 11.5. The Hall–Kier alpha value is -5.19. The van der Waals surface area contributed by atoms with Crippen LogP contribution in [0.2, 0.25) is 0 Å². The number of amides is 4. The third-order valence-corrected chi connectivity index (χ3v) is 7.97. The zero-order valence-electron chi connectivity index (χ0n) is 29.1. The molecular formula is C38H48N4O7. The number of hydrogen-bond donors (Lipinski definition) is 2. The number of nitrogens with one attached hydrogen (secondary N) is 1. The predicted molar refractivity (Wildman–Crippen MR) is 190 cm³/mol. The van der Waals surface area contributed by atoms with Crippen LogP contribution in [0, 0.1) is 5.92 Å². The zero-order valence-corrected chi connectivity index (χ0v) is 29.1. The number of anilines is 2. The molecule has 1 aliphatic heterocycles. The summed E-state index contributed by atoms with van der Waals surface area (Å²) in [6.45, 7) is 8.13. The number of para-hydroxylation sites is 1. The number of methoxy groups -OCH3 is 1. The Morgan fingerprint density at radius 3 is 2.29 bits per heavy atom. The SMILES string of the molecule is CC.COc1cccc(C(=O)N(CCC(=O)O)CC(=O)N(CCC(C)C)CC(=O)Nc2ccc(CC(=O)N3CCc4ccccc43)cc2)c1. The van der Waals surface area contributed by atoms with Crippen molar-refractivity contribution in [3.63, 3.8) is 0 Å². The lowest BCUT2D eigenvalue weighted by Gasteiger charge is -2.28. The number of benzene rings is 3. The van der Waals surface area contributed by atoms with Crippen LogP contribution in [0.5, 0.6) is 5.75 Å². The largest absolute Gasteiger partial charge is 0.497 e. The molecule has 0 atom stereocenters. The second kappa shape index (κ2) is 19.0. The number of hydrogen-bond acceptors (Lipinski definition) is 6. The lowest BCUT2D eigenvalue weighted by Crippen LogP contribution is -2.46. The number of carboxylic acid groups (broad SMARTS) is 1. The van der Waals surface area contributed by atoms with Gasteiger partial charge in [-0.3, -0.25) is 24.0 Å². The molecule has 4 rings (SSSR count). The summed E-state index contributed by atoms with van der Waals surface area (Å²) in [7, 11) is 1.47. The van der Waals surface area contributed by atoms with Gasteiger partial charge in [-0.1, -0.05) is 64.1 Å². The standard InChI is InChI=1S/C36H42N4O7.C2H6/c1-25(2)15-18-38(34(43)24-39(19-17-35(44)45)36(46)28-8-6-9-30(22-28)47-3)23-32(41)37-29-13-11-26(12-14-29)21-33(42)40-20-16-27-7-4-5-10-31(27)40;1-2/h4-14,22,25H,15-21,23-24H2,1-3H3,(H,37,41)(H,44,45);1-2H3. The Morgan fingerprint density at radius 1 is 0.898 bits per heavy atom. The van der Waals surface area contributed by atoms with E-state index in [1.54, 1.807) is 47.4 Å². The van der Waals surface area contributed by atoms with Crippen LogP contribution in [0.4, 0.5) is 11.4 Å². The van der Waals surface area contributed by atoms with E-state index in [9.17, 15) is 29.1 Å². The molecule has 2 N–H and O–H groups in total. The highest BCUT2D eigenvalue weighted by Gasteiger charge is 2.26. The van der Waals surface area contributed by atoms with E-state index in [-0.39, 0.29) is 56.4 Å². The van der Waals surface area contributed by atoms with Crippen molar-refractivity contribution in [2.75, 3.05) is 50.1 Å². The topological polar surface area (TPSA) is 137 Å². The van der Waals surface area contributed by atoms with Crippen LogP contribution in [0.3, 0.4) is 0 Å². The first-order valence-corrected chi connectivity index (χ1v) is 16.7. The van der Waals surface area contributed by atoms with Gasteiger partial charge in [0, 0.05) is 36.6 Å². The van der Waals surface area contributed by atoms with Gasteiger partial charge < -0.3 is 29.9 Å². The summed E-state index contributed by atoms with van der Waals surface area (Å²) in [6.07, 6.45) is 1.35. The number of nitrogens with zero attached hydrogens (tertiary/aromatic N) is 3. The van der Waals surface area contributed by atoms with Gasteiger partial charge in [-0.2, -0.15) is 0 Å². The second-order valence-electron chi connectivity index (χ2n) is 11.9. The van der Waals surface area contributed by atoms with Crippen molar-refractivity contribution >= 4 is 41.0 Å². The van der Waals surface area contributed by atoms with E-state index in [4.69, 9.17) is 4.74 Å². The molecule has 11 nitrogen and oxygen atoms in total. The number of aliphatic carboxylic acids is 1. The number of ether oxygens (including phenoxy) is 1. The van der Waals surface area contributed by atoms with Crippen molar-refractivity contribution in [1.29, 1.82) is 0 Å². The summed E-state index contributed by atoms with van der Waals surface area (Å²) in [5, 5.41) is 12.1. The second-order valence-corrected chi connectivity index (χ2v) is 11.9. The maximum absolute atomic E-state index is 13.5. The van der Waals surface area contributed by atoms with Gasteiger partial charge in [0.2, 0.25) is 17.7 Å². The maximum Gasteiger partial charge on any atom is 0.305 e. The summed E-state index contributed by atoms with van der Waals surface area (Å²) in [5.74, 6) is -1.80. The molecule has 1 aliphatic rings. The Kier molecular flexibility index (Phi) is 14.8. The first-order chi connectivity index (χ1) is 23.5. The Bertz CT molecular complexity index is 1590. The van der Waals surface area contributed by atoms with Crippen molar-refractivity contribution in [3.05, 3.63) is 89.5 Å². The fourth-order valence-electron chi connectivity index (χ4n) is 5.34. The zero-order chi connectivity index (χ0) is 35.9. The minimum Gasteiger partial charge on any atom is -0.497 e. The molecule has 4 amide bonds. The van der Waals surface area contributed by atoms with Crippen LogP contribution in [0.1, 0.15) is 62.0 Å². The summed E-state index contributed by atoms with van der Waals surface area (Å²) >= 11 is 0. The van der Waals surface area contributed by atoms with Crippen LogP contribution in [-0.2, 0) is 32.0 Å². The molecular weight excluding hydrogens is 624 g/mol. The van der Waals surface area contributed by atoms with Gasteiger partial charge in [0.25, 0.3) is 5.91 Å². The Balaban J connectivity index is 0.00000319. The van der Waals surface area contributed by atoms with E-state index in [2.05, 4.69) is 5.32 Å². The normalized spacial score (nSPS) is 11.6. The highest BCUT2D eigenvalue weighted by atomic mass is 16.5. The molecule has 0 bridgehead atoms. The van der Waals surface area contributed by atoms with E-state index < -0.39 is 23.7 Å². The van der Waals surface area contributed by atoms with Crippen LogP contribution >= 0.6 is 0 Å². The quantitative estimate of drug-likeness (QED) is 0.224. The lowest BCUT2D eigenvalue weighted by molar-refractivity contribution is -0.138. The first-order valence-electron chi connectivity index (χ1n) is 16.7. The summed E-state index contributed by atoms with van der Waals surface area (Å²) in [4.78, 5) is 68.7. The number of fused-ring (bicyclic) bond motifs is 1. The molecule has 1 heterocycles. The summed E-state index contributed by atoms with van der Waals surface area (Å²) in [6, 6.07) is 21.3. The molecule has 0 saturated heterocycles. The molecule has 0 radical (unpaired) electrons. The van der Waals surface area contributed by atoms with Crippen molar-refractivity contribution < 1.29 is 33.8 Å². The first kappa shape index (κ1) is 38.3. The number of carbonyl (C=O) groups excluding carboxylic acids is 4. The van der Waals surface area contributed by atoms with E-state index >= 15 is 0 Å². The number of carboxylic acids is 1. The highest BCUT2D eigenvalue weighted by Crippen LogP contribution is 2.28. The minimum atomic E-state index is -1.10. The monoisotopic (exact) mass is 672 g/mol. The van der Waals surface area contributed by atoms with Gasteiger partial charge in [-0.05, 0) is 66.3 Å². The molecule has 0 aromatic heterocycles. The van der Waals surface area contributed by atoms with E-state index in [0.717, 1.165) is 23.2 Å². The number of rotatable bonds is 15. The van der Waals surface area contributed by atoms with Crippen LogP contribution < -0.4 is 15.0 Å². The smallest absolute Gasteiger partial charge is 0.305 e. The molecule has 3 aromatic rings. The predicted octanol–water partition coefficient (Wildman–Crippen LogP) is 5.28. The third-order valence-electron chi connectivity index (χ3n) is 7.97. The van der Waals surface area contributed by atoms with E-state index in [1.165, 1.54) is 23.0 Å². The summed E-state index contributed by atoms with van der Waals surface area (Å²) < 4.78 is 5.20. The highest BCUT2D eigenvalue weighted by molar-refractivity contribution is 5.99.